The molecule has 2 saturated heterocycles. The first-order chi connectivity index (χ1) is 9.29. The number of aromatic nitrogens is 3. The predicted octanol–water partition coefficient (Wildman–Crippen LogP) is 1.45. The number of piperidine rings is 1. The summed E-state index contributed by atoms with van der Waals surface area (Å²) in [4.78, 5) is 6.88. The van der Waals surface area contributed by atoms with E-state index in [0.29, 0.717) is 18.1 Å². The minimum absolute atomic E-state index is 0.566. The van der Waals surface area contributed by atoms with Gasteiger partial charge in [0, 0.05) is 31.4 Å². The van der Waals surface area contributed by atoms with Gasteiger partial charge in [-0.05, 0) is 37.8 Å². The molecular formula is C14H19N5. The molecule has 4 heterocycles. The Balaban J connectivity index is 1.60. The smallest absolute Gasteiger partial charge is 0.245 e. The van der Waals surface area contributed by atoms with Crippen LogP contribution in [0, 0.1) is 0 Å². The van der Waals surface area contributed by atoms with Crippen LogP contribution in [0.3, 0.4) is 0 Å². The molecule has 5 heteroatoms. The summed E-state index contributed by atoms with van der Waals surface area (Å²) in [6, 6.07) is 7.94. The lowest BCUT2D eigenvalue weighted by Crippen LogP contribution is -2.47. The molecule has 4 rings (SSSR count). The Hall–Kier alpha value is -1.62. The molecule has 0 aromatic carbocycles. The van der Waals surface area contributed by atoms with Crippen molar-refractivity contribution in [1.82, 2.24) is 19.9 Å². The van der Waals surface area contributed by atoms with Gasteiger partial charge in [-0.25, -0.2) is 4.52 Å². The van der Waals surface area contributed by atoms with Gasteiger partial charge in [0.25, 0.3) is 0 Å². The number of hydrogen-bond acceptors (Lipinski definition) is 4. The van der Waals surface area contributed by atoms with Crippen molar-refractivity contribution in [2.45, 2.75) is 43.8 Å². The van der Waals surface area contributed by atoms with Crippen LogP contribution in [0.5, 0.6) is 0 Å². The molecule has 2 fully saturated rings. The number of nitrogens with zero attached hydrogens (tertiary/aromatic N) is 4. The third kappa shape index (κ3) is 1.89. The first kappa shape index (κ1) is 11.2. The molecular weight excluding hydrogens is 238 g/mol. The van der Waals surface area contributed by atoms with E-state index in [1.54, 1.807) is 0 Å². The first-order valence-corrected chi connectivity index (χ1v) is 7.10. The zero-order valence-corrected chi connectivity index (χ0v) is 11.2. The topological polar surface area (TPSA) is 45.5 Å². The Bertz CT molecular complexity index is 547. The molecule has 2 aliphatic heterocycles. The van der Waals surface area contributed by atoms with Crippen molar-refractivity contribution in [3.63, 3.8) is 0 Å². The maximum absolute atomic E-state index is 4.62. The Kier molecular flexibility index (Phi) is 2.48. The number of nitrogens with one attached hydrogen (secondary N) is 1. The maximum atomic E-state index is 4.62. The van der Waals surface area contributed by atoms with Gasteiger partial charge in [0.1, 0.15) is 0 Å². The zero-order valence-electron chi connectivity index (χ0n) is 11.2. The van der Waals surface area contributed by atoms with Crippen molar-refractivity contribution in [3.05, 3.63) is 24.4 Å². The van der Waals surface area contributed by atoms with Gasteiger partial charge in [0.05, 0.1) is 0 Å². The van der Waals surface area contributed by atoms with Crippen LogP contribution in [0.2, 0.25) is 0 Å². The highest BCUT2D eigenvalue weighted by atomic mass is 15.4. The van der Waals surface area contributed by atoms with E-state index in [1.165, 1.54) is 25.7 Å². The quantitative estimate of drug-likeness (QED) is 0.884. The van der Waals surface area contributed by atoms with Crippen molar-refractivity contribution in [1.29, 1.82) is 0 Å². The molecule has 0 amide bonds. The molecule has 0 aliphatic carbocycles. The van der Waals surface area contributed by atoms with Crippen LogP contribution in [0.25, 0.3) is 5.65 Å². The molecule has 0 radical (unpaired) electrons. The van der Waals surface area contributed by atoms with E-state index in [4.69, 9.17) is 0 Å². The van der Waals surface area contributed by atoms with Crippen molar-refractivity contribution >= 4 is 11.6 Å². The van der Waals surface area contributed by atoms with Crippen molar-refractivity contribution in [2.75, 3.05) is 11.9 Å². The Labute approximate surface area is 112 Å². The summed E-state index contributed by atoms with van der Waals surface area (Å²) in [7, 11) is 2.13. The SMILES string of the molecule is CN(c1nc2ccccn2n1)C1CC2CCC(C1)N2. The molecule has 0 saturated carbocycles. The summed E-state index contributed by atoms with van der Waals surface area (Å²) < 4.78 is 1.85. The lowest BCUT2D eigenvalue weighted by atomic mass is 9.99. The van der Waals surface area contributed by atoms with E-state index in [2.05, 4.69) is 27.3 Å². The fourth-order valence-corrected chi connectivity index (χ4v) is 3.48. The molecule has 19 heavy (non-hydrogen) atoms. The van der Waals surface area contributed by atoms with Gasteiger partial charge in [-0.1, -0.05) is 6.07 Å². The second-order valence-electron chi connectivity index (χ2n) is 5.79. The number of fused-ring (bicyclic) bond motifs is 3. The average molecular weight is 257 g/mol. The van der Waals surface area contributed by atoms with E-state index < -0.39 is 0 Å². The highest BCUT2D eigenvalue weighted by Crippen LogP contribution is 2.30. The summed E-state index contributed by atoms with van der Waals surface area (Å²) in [5.41, 5.74) is 0.918. The molecule has 2 bridgehead atoms. The summed E-state index contributed by atoms with van der Waals surface area (Å²) in [5.74, 6) is 0.845. The second kappa shape index (κ2) is 4.20. The van der Waals surface area contributed by atoms with Crippen LogP contribution in [0.15, 0.2) is 24.4 Å². The van der Waals surface area contributed by atoms with Gasteiger partial charge in [-0.2, -0.15) is 4.98 Å². The molecule has 2 atom stereocenters. The minimum atomic E-state index is 0.566. The fourth-order valence-electron chi connectivity index (χ4n) is 3.48. The molecule has 0 spiro atoms. The summed E-state index contributed by atoms with van der Waals surface area (Å²) in [6.45, 7) is 0. The van der Waals surface area contributed by atoms with Crippen LogP contribution in [-0.4, -0.2) is 39.8 Å². The van der Waals surface area contributed by atoms with E-state index in [1.807, 2.05) is 28.9 Å². The number of pyridine rings is 1. The number of hydrogen-bond donors (Lipinski definition) is 1. The summed E-state index contributed by atoms with van der Waals surface area (Å²) in [6.07, 6.45) is 7.03. The van der Waals surface area contributed by atoms with Crippen LogP contribution in [0.1, 0.15) is 25.7 Å². The molecule has 2 aromatic heterocycles. The monoisotopic (exact) mass is 257 g/mol. The first-order valence-electron chi connectivity index (χ1n) is 7.10. The molecule has 2 unspecified atom stereocenters. The van der Waals surface area contributed by atoms with Crippen LogP contribution >= 0.6 is 0 Å². The van der Waals surface area contributed by atoms with E-state index in [0.717, 1.165) is 11.6 Å². The highest BCUT2D eigenvalue weighted by Gasteiger charge is 2.35. The maximum Gasteiger partial charge on any atom is 0.245 e. The van der Waals surface area contributed by atoms with Crippen LogP contribution in [-0.2, 0) is 0 Å². The summed E-state index contributed by atoms with van der Waals surface area (Å²) >= 11 is 0. The van der Waals surface area contributed by atoms with E-state index >= 15 is 0 Å². The molecule has 1 N–H and O–H groups in total. The van der Waals surface area contributed by atoms with E-state index in [9.17, 15) is 0 Å². The number of rotatable bonds is 2. The Morgan fingerprint density at radius 1 is 1.26 bits per heavy atom. The van der Waals surface area contributed by atoms with Gasteiger partial charge in [0.2, 0.25) is 5.95 Å². The predicted molar refractivity (Wildman–Crippen MR) is 74.4 cm³/mol. The van der Waals surface area contributed by atoms with Gasteiger partial charge in [-0.15, -0.1) is 5.10 Å². The molecule has 100 valence electrons. The third-order valence-electron chi connectivity index (χ3n) is 4.54. The molecule has 5 nitrogen and oxygen atoms in total. The van der Waals surface area contributed by atoms with Gasteiger partial charge in [-0.3, -0.25) is 0 Å². The zero-order chi connectivity index (χ0) is 12.8. The Morgan fingerprint density at radius 3 is 2.79 bits per heavy atom. The molecule has 2 aliphatic rings. The summed E-state index contributed by atoms with van der Waals surface area (Å²) in [5, 5.41) is 8.25. The second-order valence-corrected chi connectivity index (χ2v) is 5.79. The van der Waals surface area contributed by atoms with Gasteiger partial charge < -0.3 is 10.2 Å². The average Bonchev–Trinajstić information content (AvgIpc) is 3.01. The highest BCUT2D eigenvalue weighted by molar-refractivity contribution is 5.44. The van der Waals surface area contributed by atoms with Gasteiger partial charge in [0.15, 0.2) is 5.65 Å². The Morgan fingerprint density at radius 2 is 2.05 bits per heavy atom. The normalized spacial score (nSPS) is 29.8. The van der Waals surface area contributed by atoms with Gasteiger partial charge >= 0.3 is 0 Å². The van der Waals surface area contributed by atoms with Crippen LogP contribution in [0.4, 0.5) is 5.95 Å². The minimum Gasteiger partial charge on any atom is -0.339 e. The number of anilines is 1. The van der Waals surface area contributed by atoms with Crippen LogP contribution < -0.4 is 10.2 Å². The standard InChI is InChI=1S/C14H19N5/c1-18(12-8-10-5-6-11(9-12)15-10)14-16-13-4-2-3-7-19(13)17-14/h2-4,7,10-12,15H,5-6,8-9H2,1H3. The fraction of sp³-hybridized carbons (Fsp3) is 0.571. The lowest BCUT2D eigenvalue weighted by Gasteiger charge is -2.34. The lowest BCUT2D eigenvalue weighted by molar-refractivity contribution is 0.353. The third-order valence-corrected chi connectivity index (χ3v) is 4.54. The largest absolute Gasteiger partial charge is 0.339 e. The molecule has 2 aromatic rings. The van der Waals surface area contributed by atoms with Crippen molar-refractivity contribution in [2.24, 2.45) is 0 Å². The van der Waals surface area contributed by atoms with E-state index in [-0.39, 0.29) is 0 Å². The van der Waals surface area contributed by atoms with Crippen molar-refractivity contribution < 1.29 is 0 Å². The van der Waals surface area contributed by atoms with Crippen molar-refractivity contribution in [3.8, 4) is 0 Å².